The molecule has 1 aromatic rings. The van der Waals surface area contributed by atoms with Crippen LogP contribution in [-0.2, 0) is 32.0 Å². The van der Waals surface area contributed by atoms with Gasteiger partial charge < -0.3 is 35.2 Å². The number of aryl methyl sites for hydroxylation is 1. The molecule has 9 atom stereocenters. The molecule has 194 valence electrons. The summed E-state index contributed by atoms with van der Waals surface area (Å²) in [6, 6.07) is -0.835. The SMILES string of the molecule is Cc1cn([C@H]2C[C@H](O)[C@@H](COP(=O)(O)OP(=O)(O)O[C@@H]3C[C@H](N)[C@@H](O)[C@@H](C)O3)O2)c(=O)[nH]c1=O. The maximum absolute atomic E-state index is 12.2. The van der Waals surface area contributed by atoms with Crippen molar-refractivity contribution >= 4 is 15.6 Å². The number of rotatable bonds is 8. The Morgan fingerprint density at radius 3 is 2.53 bits per heavy atom. The highest BCUT2D eigenvalue weighted by Crippen LogP contribution is 2.61. The lowest BCUT2D eigenvalue weighted by molar-refractivity contribution is -0.191. The molecule has 34 heavy (non-hydrogen) atoms. The van der Waals surface area contributed by atoms with Crippen molar-refractivity contribution in [3.05, 3.63) is 32.6 Å². The van der Waals surface area contributed by atoms with E-state index in [1.54, 1.807) is 0 Å². The molecular weight excluding hydrogens is 504 g/mol. The van der Waals surface area contributed by atoms with Gasteiger partial charge in [-0.25, -0.2) is 13.9 Å². The second kappa shape index (κ2) is 10.4. The third-order valence-electron chi connectivity index (χ3n) is 5.27. The smallest absolute Gasteiger partial charge is 0.390 e. The Morgan fingerprint density at radius 2 is 1.88 bits per heavy atom. The lowest BCUT2D eigenvalue weighted by atomic mass is 10.0. The lowest BCUT2D eigenvalue weighted by Gasteiger charge is -2.36. The quantitative estimate of drug-likeness (QED) is 0.211. The number of H-pyrrole nitrogens is 1. The summed E-state index contributed by atoms with van der Waals surface area (Å²) in [4.78, 5) is 45.2. The van der Waals surface area contributed by atoms with E-state index in [1.165, 1.54) is 20.0 Å². The van der Waals surface area contributed by atoms with Crippen LogP contribution in [0.3, 0.4) is 0 Å². The van der Waals surface area contributed by atoms with Gasteiger partial charge in [0.15, 0.2) is 6.29 Å². The molecule has 2 fully saturated rings. The van der Waals surface area contributed by atoms with Crippen molar-refractivity contribution in [2.24, 2.45) is 5.73 Å². The van der Waals surface area contributed by atoms with Crippen LogP contribution in [0.15, 0.2) is 15.8 Å². The van der Waals surface area contributed by atoms with Crippen LogP contribution in [0.25, 0.3) is 0 Å². The number of ether oxygens (including phenoxy) is 2. The number of aliphatic hydroxyl groups is 2. The predicted molar refractivity (Wildman–Crippen MR) is 111 cm³/mol. The summed E-state index contributed by atoms with van der Waals surface area (Å²) in [6.07, 6.45) is -5.81. The molecule has 3 heterocycles. The van der Waals surface area contributed by atoms with E-state index in [1.807, 2.05) is 0 Å². The first kappa shape index (κ1) is 27.3. The minimum atomic E-state index is -5.20. The molecule has 0 bridgehead atoms. The van der Waals surface area contributed by atoms with Crippen LogP contribution in [0.2, 0.25) is 0 Å². The first-order chi connectivity index (χ1) is 15.7. The highest BCUT2D eigenvalue weighted by atomic mass is 31.3. The van der Waals surface area contributed by atoms with E-state index in [0.717, 1.165) is 4.57 Å². The minimum absolute atomic E-state index is 0.110. The maximum atomic E-state index is 12.2. The molecule has 2 unspecified atom stereocenters. The fraction of sp³-hybridized carbons (Fsp3) is 0.750. The number of aliphatic hydroxyl groups excluding tert-OH is 2. The molecule has 0 spiro atoms. The number of aromatic amines is 1. The number of hydrogen-bond donors (Lipinski definition) is 6. The van der Waals surface area contributed by atoms with Gasteiger partial charge in [-0.05, 0) is 13.8 Å². The molecule has 18 heteroatoms. The average Bonchev–Trinajstić information content (AvgIpc) is 3.06. The second-order valence-corrected chi connectivity index (χ2v) is 11.0. The molecule has 0 aliphatic carbocycles. The van der Waals surface area contributed by atoms with Gasteiger partial charge in [-0.3, -0.25) is 23.4 Å². The summed E-state index contributed by atoms with van der Waals surface area (Å²) in [5, 5.41) is 19.9. The number of phosphoric ester groups is 2. The summed E-state index contributed by atoms with van der Waals surface area (Å²) < 4.78 is 49.6. The van der Waals surface area contributed by atoms with Crippen LogP contribution in [0, 0.1) is 6.92 Å². The Labute approximate surface area is 192 Å². The van der Waals surface area contributed by atoms with Gasteiger partial charge in [0.05, 0.1) is 24.9 Å². The van der Waals surface area contributed by atoms with E-state index < -0.39 is 76.5 Å². The highest BCUT2D eigenvalue weighted by Gasteiger charge is 2.43. The number of phosphoric acid groups is 2. The van der Waals surface area contributed by atoms with E-state index >= 15 is 0 Å². The molecule has 0 saturated carbocycles. The van der Waals surface area contributed by atoms with Gasteiger partial charge in [0.1, 0.15) is 12.3 Å². The fourth-order valence-corrected chi connectivity index (χ4v) is 5.63. The first-order valence-electron chi connectivity index (χ1n) is 10.1. The molecule has 7 N–H and O–H groups in total. The van der Waals surface area contributed by atoms with Gasteiger partial charge in [-0.2, -0.15) is 4.31 Å². The topological polar surface area (TPSA) is 242 Å². The Morgan fingerprint density at radius 1 is 1.21 bits per heavy atom. The van der Waals surface area contributed by atoms with E-state index in [9.17, 15) is 38.7 Å². The fourth-order valence-electron chi connectivity index (χ4n) is 3.48. The zero-order valence-electron chi connectivity index (χ0n) is 18.1. The number of nitrogens with one attached hydrogen (secondary N) is 1. The molecule has 2 aliphatic rings. The third-order valence-corrected chi connectivity index (χ3v) is 7.90. The van der Waals surface area contributed by atoms with Gasteiger partial charge in [-0.15, -0.1) is 0 Å². The van der Waals surface area contributed by atoms with Crippen molar-refractivity contribution in [3.8, 4) is 0 Å². The summed E-state index contributed by atoms with van der Waals surface area (Å²) in [6.45, 7) is 2.16. The Kier molecular flexibility index (Phi) is 8.35. The van der Waals surface area contributed by atoms with E-state index in [4.69, 9.17) is 19.7 Å². The van der Waals surface area contributed by atoms with E-state index in [2.05, 4.69) is 13.8 Å². The summed E-state index contributed by atoms with van der Waals surface area (Å²) in [5.41, 5.74) is 4.54. The summed E-state index contributed by atoms with van der Waals surface area (Å²) in [5.74, 6) is 0. The van der Waals surface area contributed by atoms with Crippen LogP contribution >= 0.6 is 15.6 Å². The van der Waals surface area contributed by atoms with Gasteiger partial charge in [0, 0.05) is 30.6 Å². The molecule has 16 nitrogen and oxygen atoms in total. The molecule has 2 aliphatic heterocycles. The van der Waals surface area contributed by atoms with E-state index in [-0.39, 0.29) is 18.4 Å². The Balaban J connectivity index is 1.56. The normalized spacial score (nSPS) is 35.6. The van der Waals surface area contributed by atoms with Crippen LogP contribution in [-0.4, -0.2) is 72.9 Å². The predicted octanol–water partition coefficient (Wildman–Crippen LogP) is -1.43. The van der Waals surface area contributed by atoms with Crippen LogP contribution < -0.4 is 17.0 Å². The van der Waals surface area contributed by atoms with Gasteiger partial charge >= 0.3 is 21.3 Å². The molecule has 3 rings (SSSR count). The lowest BCUT2D eigenvalue weighted by Crippen LogP contribution is -2.51. The molecular formula is C16H27N3O13P2. The van der Waals surface area contributed by atoms with Crippen LogP contribution in [0.5, 0.6) is 0 Å². The zero-order valence-corrected chi connectivity index (χ0v) is 19.9. The average molecular weight is 531 g/mol. The maximum Gasteiger partial charge on any atom is 0.483 e. The standard InChI is InChI=1S/C16H27N3O13P2/c1-7-5-19(16(23)18-15(7)22)12-4-10(20)11(30-12)6-28-33(24,25)32-34(26,27)31-13-3-9(17)14(21)8(2)29-13/h5,8-14,20-21H,3-4,6,17H2,1-2H3,(H,24,25)(H,26,27)(H,18,22,23)/t8-,9+,10+,11-,12-,13-,14+/m1/s1. The largest absolute Gasteiger partial charge is 0.483 e. The molecule has 0 amide bonds. The van der Waals surface area contributed by atoms with E-state index in [0.29, 0.717) is 0 Å². The van der Waals surface area contributed by atoms with Crippen molar-refractivity contribution in [3.63, 3.8) is 0 Å². The highest BCUT2D eigenvalue weighted by molar-refractivity contribution is 7.61. The monoisotopic (exact) mass is 531 g/mol. The third kappa shape index (κ3) is 6.69. The first-order valence-corrected chi connectivity index (χ1v) is 13.1. The van der Waals surface area contributed by atoms with Gasteiger partial charge in [0.2, 0.25) is 0 Å². The number of hydrogen-bond acceptors (Lipinski definition) is 12. The molecule has 0 aromatic carbocycles. The van der Waals surface area contributed by atoms with Crippen LogP contribution in [0.1, 0.15) is 31.6 Å². The minimum Gasteiger partial charge on any atom is -0.390 e. The van der Waals surface area contributed by atoms with Crippen molar-refractivity contribution in [1.29, 1.82) is 0 Å². The number of nitrogens with zero attached hydrogens (tertiary/aromatic N) is 1. The molecule has 0 radical (unpaired) electrons. The van der Waals surface area contributed by atoms with Gasteiger partial charge in [-0.1, -0.05) is 0 Å². The summed E-state index contributed by atoms with van der Waals surface area (Å²) in [7, 11) is -10.4. The van der Waals surface area contributed by atoms with Crippen molar-refractivity contribution < 1.29 is 52.0 Å². The van der Waals surface area contributed by atoms with Crippen molar-refractivity contribution in [1.82, 2.24) is 9.55 Å². The Bertz CT molecular complexity index is 1080. The molecule has 2 saturated heterocycles. The Hall–Kier alpha value is -1.26. The van der Waals surface area contributed by atoms with Crippen molar-refractivity contribution in [2.75, 3.05) is 6.61 Å². The molecule has 1 aromatic heterocycles. The van der Waals surface area contributed by atoms with Crippen LogP contribution in [0.4, 0.5) is 0 Å². The second-order valence-electron chi connectivity index (χ2n) is 7.99. The van der Waals surface area contributed by atoms with Gasteiger partial charge in [0.25, 0.3) is 5.56 Å². The number of nitrogens with two attached hydrogens (primary N) is 1. The zero-order chi connectivity index (χ0) is 25.4. The number of aromatic nitrogens is 2. The summed E-state index contributed by atoms with van der Waals surface area (Å²) >= 11 is 0. The van der Waals surface area contributed by atoms with Crippen molar-refractivity contribution in [2.45, 2.75) is 69.7 Å².